The number of hydrogen-bond donors (Lipinski definition) is 1. The summed E-state index contributed by atoms with van der Waals surface area (Å²) in [4.78, 5) is 23.5. The Labute approximate surface area is 85.7 Å². The quantitative estimate of drug-likeness (QED) is 0.606. The lowest BCUT2D eigenvalue weighted by atomic mass is 10.2. The van der Waals surface area contributed by atoms with Crippen LogP contribution in [0.25, 0.3) is 0 Å². The fraction of sp³-hybridized carbons (Fsp3) is 0.800. The smallest absolute Gasteiger partial charge is 0.233 e. The van der Waals surface area contributed by atoms with E-state index in [2.05, 4.69) is 5.32 Å². The molecule has 0 fully saturated rings. The average Bonchev–Trinajstić information content (AvgIpc) is 2.12. The Kier molecular flexibility index (Phi) is 7.02. The van der Waals surface area contributed by atoms with Gasteiger partial charge in [-0.15, -0.1) is 0 Å². The molecule has 0 heterocycles. The summed E-state index contributed by atoms with van der Waals surface area (Å²) in [7, 11) is 3.54. The van der Waals surface area contributed by atoms with Crippen LogP contribution in [0, 0.1) is 0 Å². The molecule has 0 aromatic rings. The lowest BCUT2D eigenvalue weighted by Crippen LogP contribution is -2.33. The predicted molar refractivity (Wildman–Crippen MR) is 56.1 cm³/mol. The van der Waals surface area contributed by atoms with Crippen LogP contribution in [0.3, 0.4) is 0 Å². The molecule has 0 aromatic carbocycles. The first-order chi connectivity index (χ1) is 6.56. The molecular formula is C10H20N2O2. The number of rotatable bonds is 7. The molecule has 0 bridgehead atoms. The Hall–Kier alpha value is -0.900. The van der Waals surface area contributed by atoms with E-state index in [1.54, 1.807) is 14.0 Å². The second-order valence-corrected chi connectivity index (χ2v) is 3.57. The summed E-state index contributed by atoms with van der Waals surface area (Å²) >= 11 is 0. The van der Waals surface area contributed by atoms with Crippen LogP contribution in [0.4, 0.5) is 0 Å². The lowest BCUT2D eigenvalue weighted by molar-refractivity contribution is -0.121. The molecule has 0 unspecified atom stereocenters. The largest absolute Gasteiger partial charge is 0.358 e. The number of nitrogens with one attached hydrogen (secondary N) is 1. The standard InChI is InChI=1S/C10H20N2O2/c1-9(13)6-4-5-7-12(3)8-10(14)11-2/h4-8H2,1-3H3,(H,11,14). The molecule has 0 aliphatic carbocycles. The highest BCUT2D eigenvalue weighted by Gasteiger charge is 2.03. The van der Waals surface area contributed by atoms with Gasteiger partial charge in [0.25, 0.3) is 0 Å². The molecule has 0 spiro atoms. The first kappa shape index (κ1) is 13.1. The van der Waals surface area contributed by atoms with E-state index in [-0.39, 0.29) is 11.7 Å². The van der Waals surface area contributed by atoms with Gasteiger partial charge in [-0.3, -0.25) is 9.69 Å². The van der Waals surface area contributed by atoms with Crippen LogP contribution < -0.4 is 5.32 Å². The molecule has 4 nitrogen and oxygen atoms in total. The SMILES string of the molecule is CNC(=O)CN(C)CCCCC(C)=O. The number of Topliss-reactive ketones (excluding diaryl/α,β-unsaturated/α-hetero) is 1. The summed E-state index contributed by atoms with van der Waals surface area (Å²) in [6.07, 6.45) is 2.52. The normalized spacial score (nSPS) is 10.3. The summed E-state index contributed by atoms with van der Waals surface area (Å²) in [5.74, 6) is 0.262. The van der Waals surface area contributed by atoms with Gasteiger partial charge in [0.05, 0.1) is 6.54 Å². The number of likely N-dealkylation sites (N-methyl/N-ethyl adjacent to an activating group) is 2. The van der Waals surface area contributed by atoms with Crippen molar-refractivity contribution in [1.82, 2.24) is 10.2 Å². The third-order valence-corrected chi connectivity index (χ3v) is 2.01. The van der Waals surface area contributed by atoms with Crippen LogP contribution in [0.5, 0.6) is 0 Å². The molecular weight excluding hydrogens is 180 g/mol. The molecule has 82 valence electrons. The molecule has 14 heavy (non-hydrogen) atoms. The van der Waals surface area contributed by atoms with Crippen LogP contribution in [-0.4, -0.2) is 43.8 Å². The Morgan fingerprint density at radius 1 is 1.29 bits per heavy atom. The average molecular weight is 200 g/mol. The minimum absolute atomic E-state index is 0.0269. The monoisotopic (exact) mass is 200 g/mol. The van der Waals surface area contributed by atoms with Crippen molar-refractivity contribution in [2.45, 2.75) is 26.2 Å². The summed E-state index contributed by atoms with van der Waals surface area (Å²) in [6, 6.07) is 0. The fourth-order valence-electron chi connectivity index (χ4n) is 1.16. The number of nitrogens with zero attached hydrogens (tertiary/aromatic N) is 1. The highest BCUT2D eigenvalue weighted by molar-refractivity contribution is 5.77. The maximum atomic E-state index is 11.0. The highest BCUT2D eigenvalue weighted by Crippen LogP contribution is 1.97. The van der Waals surface area contributed by atoms with Gasteiger partial charge < -0.3 is 10.1 Å². The number of ketones is 1. The van der Waals surface area contributed by atoms with E-state index in [1.165, 1.54) is 0 Å². The van der Waals surface area contributed by atoms with Crippen LogP contribution >= 0.6 is 0 Å². The fourth-order valence-corrected chi connectivity index (χ4v) is 1.16. The number of carbonyl (C=O) groups excluding carboxylic acids is 2. The van der Waals surface area contributed by atoms with E-state index in [4.69, 9.17) is 0 Å². The maximum absolute atomic E-state index is 11.0. The zero-order valence-corrected chi connectivity index (χ0v) is 9.30. The van der Waals surface area contributed by atoms with E-state index in [9.17, 15) is 9.59 Å². The second kappa shape index (κ2) is 7.50. The van der Waals surface area contributed by atoms with Crippen molar-refractivity contribution in [2.75, 3.05) is 27.2 Å². The Balaban J connectivity index is 3.39. The number of hydrogen-bond acceptors (Lipinski definition) is 3. The number of unbranched alkanes of at least 4 members (excludes halogenated alkanes) is 1. The molecule has 0 rings (SSSR count). The van der Waals surface area contributed by atoms with Crippen molar-refractivity contribution in [3.8, 4) is 0 Å². The summed E-state index contributed by atoms with van der Waals surface area (Å²) in [5, 5.41) is 2.57. The Morgan fingerprint density at radius 3 is 2.43 bits per heavy atom. The van der Waals surface area contributed by atoms with E-state index in [1.807, 2.05) is 11.9 Å². The zero-order chi connectivity index (χ0) is 11.0. The van der Waals surface area contributed by atoms with E-state index < -0.39 is 0 Å². The molecule has 1 N–H and O–H groups in total. The first-order valence-corrected chi connectivity index (χ1v) is 4.95. The number of amides is 1. The third kappa shape index (κ3) is 7.73. The van der Waals surface area contributed by atoms with Crippen molar-refractivity contribution in [2.24, 2.45) is 0 Å². The topological polar surface area (TPSA) is 49.4 Å². The van der Waals surface area contributed by atoms with Gasteiger partial charge in [0.2, 0.25) is 5.91 Å². The molecule has 0 aliphatic rings. The molecule has 0 atom stereocenters. The zero-order valence-electron chi connectivity index (χ0n) is 9.30. The van der Waals surface area contributed by atoms with Gasteiger partial charge in [0.1, 0.15) is 5.78 Å². The van der Waals surface area contributed by atoms with Crippen molar-refractivity contribution < 1.29 is 9.59 Å². The molecule has 0 aromatic heterocycles. The van der Waals surface area contributed by atoms with Gasteiger partial charge in [0.15, 0.2) is 0 Å². The van der Waals surface area contributed by atoms with Crippen molar-refractivity contribution in [3.05, 3.63) is 0 Å². The molecule has 4 heteroatoms. The second-order valence-electron chi connectivity index (χ2n) is 3.57. The van der Waals surface area contributed by atoms with E-state index >= 15 is 0 Å². The van der Waals surface area contributed by atoms with E-state index in [0.29, 0.717) is 13.0 Å². The predicted octanol–water partition coefficient (Wildman–Crippen LogP) is 0.423. The minimum atomic E-state index is 0.0269. The third-order valence-electron chi connectivity index (χ3n) is 2.01. The Bertz CT molecular complexity index is 193. The number of carbonyl (C=O) groups is 2. The maximum Gasteiger partial charge on any atom is 0.233 e. The summed E-state index contributed by atoms with van der Waals surface area (Å²) in [6.45, 7) is 2.89. The molecule has 1 amide bonds. The van der Waals surface area contributed by atoms with Gasteiger partial charge in [-0.1, -0.05) is 0 Å². The van der Waals surface area contributed by atoms with Gasteiger partial charge in [-0.25, -0.2) is 0 Å². The van der Waals surface area contributed by atoms with Gasteiger partial charge in [-0.2, -0.15) is 0 Å². The molecule has 0 aliphatic heterocycles. The molecule has 0 radical (unpaired) electrons. The van der Waals surface area contributed by atoms with Crippen LogP contribution in [0.2, 0.25) is 0 Å². The highest BCUT2D eigenvalue weighted by atomic mass is 16.2. The first-order valence-electron chi connectivity index (χ1n) is 4.95. The van der Waals surface area contributed by atoms with Crippen molar-refractivity contribution in [3.63, 3.8) is 0 Å². The molecule has 0 saturated heterocycles. The summed E-state index contributed by atoms with van der Waals surface area (Å²) in [5.41, 5.74) is 0. The minimum Gasteiger partial charge on any atom is -0.358 e. The van der Waals surface area contributed by atoms with Crippen molar-refractivity contribution >= 4 is 11.7 Å². The lowest BCUT2D eigenvalue weighted by Gasteiger charge is -2.14. The van der Waals surface area contributed by atoms with Crippen LogP contribution in [0.15, 0.2) is 0 Å². The van der Waals surface area contributed by atoms with Crippen molar-refractivity contribution in [1.29, 1.82) is 0 Å². The molecule has 0 saturated carbocycles. The van der Waals surface area contributed by atoms with Gasteiger partial charge in [-0.05, 0) is 33.4 Å². The van der Waals surface area contributed by atoms with Crippen LogP contribution in [0.1, 0.15) is 26.2 Å². The van der Waals surface area contributed by atoms with Gasteiger partial charge in [0, 0.05) is 13.5 Å². The van der Waals surface area contributed by atoms with Gasteiger partial charge >= 0.3 is 0 Å². The summed E-state index contributed by atoms with van der Waals surface area (Å²) < 4.78 is 0. The van der Waals surface area contributed by atoms with E-state index in [0.717, 1.165) is 19.4 Å². The van der Waals surface area contributed by atoms with Crippen LogP contribution in [-0.2, 0) is 9.59 Å². The Morgan fingerprint density at radius 2 is 1.93 bits per heavy atom.